The molecule has 2 nitrogen and oxygen atoms in total. The van der Waals surface area contributed by atoms with Crippen molar-refractivity contribution in [3.8, 4) is 5.75 Å². The molecule has 0 bridgehead atoms. The third-order valence-corrected chi connectivity index (χ3v) is 7.07. The van der Waals surface area contributed by atoms with Crippen molar-refractivity contribution in [2.45, 2.75) is 84.5 Å². The molecule has 0 atom stereocenters. The number of hydrogen-bond donors (Lipinski definition) is 0. The summed E-state index contributed by atoms with van der Waals surface area (Å²) in [6, 6.07) is 2.76. The molecule has 0 spiro atoms. The minimum atomic E-state index is -1.08. The SMILES string of the molecule is CCCCC1CCC(/C=C/C2CCC(C(=O)Oc3ccc(C)c(F)c3F)CC2)CC1. The van der Waals surface area contributed by atoms with Gasteiger partial charge in [-0.15, -0.1) is 0 Å². The minimum Gasteiger partial charge on any atom is -0.423 e. The van der Waals surface area contributed by atoms with E-state index in [0.29, 0.717) is 11.8 Å². The normalized spacial score (nSPS) is 27.3. The predicted molar refractivity (Wildman–Crippen MR) is 116 cm³/mol. The first-order valence-corrected chi connectivity index (χ1v) is 11.8. The van der Waals surface area contributed by atoms with Crippen LogP contribution >= 0.6 is 0 Å². The Kier molecular flexibility index (Phi) is 8.47. The molecule has 4 heteroatoms. The fourth-order valence-corrected chi connectivity index (χ4v) is 4.92. The number of unbranched alkanes of at least 4 members (excludes halogenated alkanes) is 1. The van der Waals surface area contributed by atoms with Gasteiger partial charge in [-0.05, 0) is 87.7 Å². The van der Waals surface area contributed by atoms with Crippen molar-refractivity contribution in [2.75, 3.05) is 0 Å². The van der Waals surface area contributed by atoms with Gasteiger partial charge in [0.1, 0.15) is 0 Å². The van der Waals surface area contributed by atoms with Gasteiger partial charge >= 0.3 is 5.97 Å². The average Bonchev–Trinajstić information content (AvgIpc) is 2.77. The summed E-state index contributed by atoms with van der Waals surface area (Å²) in [6.07, 6.45) is 17.6. The van der Waals surface area contributed by atoms with E-state index in [1.54, 1.807) is 0 Å². The number of rotatable bonds is 7. The molecule has 3 rings (SSSR count). The quantitative estimate of drug-likeness (QED) is 0.260. The lowest BCUT2D eigenvalue weighted by molar-refractivity contribution is -0.140. The molecule has 30 heavy (non-hydrogen) atoms. The summed E-state index contributed by atoms with van der Waals surface area (Å²) >= 11 is 0. The molecule has 0 aromatic heterocycles. The molecule has 166 valence electrons. The molecule has 2 aliphatic carbocycles. The number of hydrogen-bond acceptors (Lipinski definition) is 2. The summed E-state index contributed by atoms with van der Waals surface area (Å²) < 4.78 is 32.8. The van der Waals surface area contributed by atoms with Gasteiger partial charge < -0.3 is 4.74 Å². The highest BCUT2D eigenvalue weighted by atomic mass is 19.2. The molecule has 0 heterocycles. The molecule has 0 N–H and O–H groups in total. The van der Waals surface area contributed by atoms with Gasteiger partial charge in [0, 0.05) is 0 Å². The maximum Gasteiger partial charge on any atom is 0.314 e. The second-order valence-corrected chi connectivity index (χ2v) is 9.35. The van der Waals surface area contributed by atoms with Crippen LogP contribution in [0.2, 0.25) is 0 Å². The first-order chi connectivity index (χ1) is 14.5. The second kappa shape index (κ2) is 11.1. The zero-order valence-electron chi connectivity index (χ0n) is 18.5. The van der Waals surface area contributed by atoms with E-state index in [-0.39, 0.29) is 17.2 Å². The monoisotopic (exact) mass is 418 g/mol. The van der Waals surface area contributed by atoms with Crippen LogP contribution in [0.4, 0.5) is 8.78 Å². The molecule has 0 unspecified atom stereocenters. The van der Waals surface area contributed by atoms with E-state index in [9.17, 15) is 13.6 Å². The highest BCUT2D eigenvalue weighted by Gasteiger charge is 2.28. The van der Waals surface area contributed by atoms with E-state index in [1.807, 2.05) is 0 Å². The molecule has 1 aromatic carbocycles. The van der Waals surface area contributed by atoms with Crippen LogP contribution in [0, 0.1) is 42.2 Å². The largest absolute Gasteiger partial charge is 0.423 e. The van der Waals surface area contributed by atoms with Gasteiger partial charge in [-0.3, -0.25) is 4.79 Å². The molecule has 0 radical (unpaired) electrons. The Bertz CT molecular complexity index is 727. The summed E-state index contributed by atoms with van der Waals surface area (Å²) in [5.41, 5.74) is 0.203. The third kappa shape index (κ3) is 6.15. The number of aryl methyl sites for hydroxylation is 1. The van der Waals surface area contributed by atoms with Crippen molar-refractivity contribution in [2.24, 2.45) is 23.7 Å². The molecular weight excluding hydrogens is 382 g/mol. The van der Waals surface area contributed by atoms with E-state index in [2.05, 4.69) is 19.1 Å². The Labute approximate surface area is 180 Å². The highest BCUT2D eigenvalue weighted by molar-refractivity contribution is 5.75. The van der Waals surface area contributed by atoms with Crippen molar-refractivity contribution in [1.82, 2.24) is 0 Å². The smallest absolute Gasteiger partial charge is 0.314 e. The van der Waals surface area contributed by atoms with Gasteiger partial charge in [0.2, 0.25) is 5.82 Å². The maximum absolute atomic E-state index is 14.0. The van der Waals surface area contributed by atoms with Gasteiger partial charge in [0.25, 0.3) is 0 Å². The fourth-order valence-electron chi connectivity index (χ4n) is 4.92. The third-order valence-electron chi connectivity index (χ3n) is 7.07. The molecule has 0 aliphatic heterocycles. The van der Waals surface area contributed by atoms with Crippen molar-refractivity contribution in [3.05, 3.63) is 41.5 Å². The summed E-state index contributed by atoms with van der Waals surface area (Å²) in [7, 11) is 0. The first-order valence-electron chi connectivity index (χ1n) is 11.8. The molecular formula is C26H36F2O2. The van der Waals surface area contributed by atoms with Crippen LogP contribution in [0.5, 0.6) is 5.75 Å². The maximum atomic E-state index is 14.0. The van der Waals surface area contributed by atoms with Gasteiger partial charge in [-0.25, -0.2) is 4.39 Å². The fraction of sp³-hybridized carbons (Fsp3) is 0.654. The second-order valence-electron chi connectivity index (χ2n) is 9.35. The number of halogens is 2. The van der Waals surface area contributed by atoms with Crippen LogP contribution in [0.25, 0.3) is 0 Å². The first kappa shape index (κ1) is 23.0. The number of benzene rings is 1. The van der Waals surface area contributed by atoms with Crippen LogP contribution in [0.1, 0.15) is 83.1 Å². The Morgan fingerprint density at radius 1 is 0.967 bits per heavy atom. The van der Waals surface area contributed by atoms with Crippen LogP contribution in [-0.4, -0.2) is 5.97 Å². The number of allylic oxidation sites excluding steroid dienone is 2. The number of ether oxygens (including phenoxy) is 1. The van der Waals surface area contributed by atoms with Crippen LogP contribution in [0.3, 0.4) is 0 Å². The van der Waals surface area contributed by atoms with E-state index < -0.39 is 17.6 Å². The highest BCUT2D eigenvalue weighted by Crippen LogP contribution is 2.35. The summed E-state index contributed by atoms with van der Waals surface area (Å²) in [6.45, 7) is 3.75. The van der Waals surface area contributed by atoms with Gasteiger partial charge in [0.05, 0.1) is 5.92 Å². The van der Waals surface area contributed by atoms with Crippen molar-refractivity contribution in [1.29, 1.82) is 0 Å². The Morgan fingerprint density at radius 3 is 2.17 bits per heavy atom. The Morgan fingerprint density at radius 2 is 1.57 bits per heavy atom. The van der Waals surface area contributed by atoms with Crippen LogP contribution in [0.15, 0.2) is 24.3 Å². The van der Waals surface area contributed by atoms with Crippen LogP contribution in [-0.2, 0) is 4.79 Å². The van der Waals surface area contributed by atoms with Gasteiger partial charge in [-0.2, -0.15) is 4.39 Å². The lowest BCUT2D eigenvalue weighted by Crippen LogP contribution is -2.25. The topological polar surface area (TPSA) is 26.3 Å². The number of carbonyl (C=O) groups excluding carboxylic acids is 1. The lowest BCUT2D eigenvalue weighted by Gasteiger charge is -2.28. The zero-order chi connectivity index (χ0) is 21.5. The molecule has 2 aliphatic rings. The van der Waals surface area contributed by atoms with E-state index in [0.717, 1.165) is 31.6 Å². The molecule has 2 fully saturated rings. The predicted octanol–water partition coefficient (Wildman–Crippen LogP) is 7.54. The van der Waals surface area contributed by atoms with E-state index >= 15 is 0 Å². The molecule has 1 aromatic rings. The lowest BCUT2D eigenvalue weighted by atomic mass is 9.78. The summed E-state index contributed by atoms with van der Waals surface area (Å²) in [5, 5.41) is 0. The van der Waals surface area contributed by atoms with Gasteiger partial charge in [0.15, 0.2) is 11.6 Å². The van der Waals surface area contributed by atoms with Crippen molar-refractivity contribution in [3.63, 3.8) is 0 Å². The molecule has 0 saturated heterocycles. The van der Waals surface area contributed by atoms with Crippen molar-refractivity contribution >= 4 is 5.97 Å². The van der Waals surface area contributed by atoms with E-state index in [1.165, 1.54) is 64.0 Å². The Balaban J connectivity index is 1.41. The summed E-state index contributed by atoms with van der Waals surface area (Å²) in [4.78, 5) is 12.4. The average molecular weight is 419 g/mol. The number of carbonyl (C=O) groups is 1. The van der Waals surface area contributed by atoms with Gasteiger partial charge in [-0.1, -0.05) is 44.4 Å². The Hall–Kier alpha value is -1.71. The standard InChI is InChI=1S/C26H36F2O2/c1-3-4-5-19-7-9-20(10-8-19)11-12-21-13-15-22(16-14-21)26(29)30-23-17-6-18(2)24(27)25(23)28/h6,11-12,17,19-22H,3-5,7-10,13-16H2,1-2H3/b12-11+. The summed E-state index contributed by atoms with van der Waals surface area (Å²) in [5.74, 6) is -0.844. The van der Waals surface area contributed by atoms with E-state index in [4.69, 9.17) is 4.74 Å². The van der Waals surface area contributed by atoms with Crippen LogP contribution < -0.4 is 4.74 Å². The van der Waals surface area contributed by atoms with Crippen molar-refractivity contribution < 1.29 is 18.3 Å². The zero-order valence-corrected chi connectivity index (χ0v) is 18.5. The minimum absolute atomic E-state index is 0.203. The number of esters is 1. The molecule has 2 saturated carbocycles. The molecule has 0 amide bonds.